The standard InChI is InChI=1S/C13H19NO2.ClH/c1-4-16-13(15)8-12(14)11-6-5-9(2)10(3)7-11;/h5-7,12H,4,8,14H2,1-3H3;1H/t12-;/m0./s1. The molecule has 0 heterocycles. The molecule has 0 amide bonds. The summed E-state index contributed by atoms with van der Waals surface area (Å²) in [6.45, 7) is 6.28. The Kier molecular flexibility index (Phi) is 6.85. The van der Waals surface area contributed by atoms with Gasteiger partial charge in [0.05, 0.1) is 13.0 Å². The van der Waals surface area contributed by atoms with Crippen LogP contribution in [0.15, 0.2) is 18.2 Å². The van der Waals surface area contributed by atoms with Crippen molar-refractivity contribution < 1.29 is 9.53 Å². The summed E-state index contributed by atoms with van der Waals surface area (Å²) in [5.74, 6) is -0.242. The van der Waals surface area contributed by atoms with Crippen LogP contribution in [-0.4, -0.2) is 12.6 Å². The van der Waals surface area contributed by atoms with Crippen LogP contribution in [0.3, 0.4) is 0 Å². The molecule has 0 spiro atoms. The lowest BCUT2D eigenvalue weighted by atomic mass is 10.00. The van der Waals surface area contributed by atoms with Crippen molar-refractivity contribution >= 4 is 18.4 Å². The molecule has 1 rings (SSSR count). The maximum Gasteiger partial charge on any atom is 0.307 e. The van der Waals surface area contributed by atoms with Crippen molar-refractivity contribution in [1.29, 1.82) is 0 Å². The Morgan fingerprint density at radius 3 is 2.53 bits per heavy atom. The molecule has 4 heteroatoms. The van der Waals surface area contributed by atoms with Gasteiger partial charge in [0.25, 0.3) is 0 Å². The van der Waals surface area contributed by atoms with Crippen molar-refractivity contribution in [2.75, 3.05) is 6.61 Å². The number of carbonyl (C=O) groups is 1. The van der Waals surface area contributed by atoms with Crippen molar-refractivity contribution in [3.8, 4) is 0 Å². The number of benzene rings is 1. The van der Waals surface area contributed by atoms with E-state index in [1.54, 1.807) is 6.92 Å². The molecule has 0 bridgehead atoms. The molecule has 0 aliphatic heterocycles. The number of aryl methyl sites for hydroxylation is 2. The zero-order valence-electron chi connectivity index (χ0n) is 10.5. The summed E-state index contributed by atoms with van der Waals surface area (Å²) in [5.41, 5.74) is 9.35. The van der Waals surface area contributed by atoms with Gasteiger partial charge >= 0.3 is 5.97 Å². The zero-order chi connectivity index (χ0) is 12.1. The van der Waals surface area contributed by atoms with E-state index in [1.165, 1.54) is 11.1 Å². The number of hydrogen-bond acceptors (Lipinski definition) is 3. The van der Waals surface area contributed by atoms with Gasteiger partial charge in [-0.25, -0.2) is 0 Å². The quantitative estimate of drug-likeness (QED) is 0.844. The van der Waals surface area contributed by atoms with Crippen LogP contribution >= 0.6 is 12.4 Å². The third kappa shape index (κ3) is 4.75. The summed E-state index contributed by atoms with van der Waals surface area (Å²) in [6, 6.07) is 5.74. The van der Waals surface area contributed by atoms with Crippen molar-refractivity contribution in [2.24, 2.45) is 5.73 Å². The second-order valence-corrected chi connectivity index (χ2v) is 3.96. The smallest absolute Gasteiger partial charge is 0.307 e. The SMILES string of the molecule is CCOC(=O)C[C@H](N)c1ccc(C)c(C)c1.Cl. The Bertz CT molecular complexity index is 380. The minimum atomic E-state index is -0.279. The van der Waals surface area contributed by atoms with Gasteiger partial charge in [-0.05, 0) is 37.5 Å². The summed E-state index contributed by atoms with van der Waals surface area (Å²) in [5, 5.41) is 0. The topological polar surface area (TPSA) is 52.3 Å². The predicted octanol–water partition coefficient (Wildman–Crippen LogP) is 2.68. The number of halogens is 1. The van der Waals surface area contributed by atoms with Crippen LogP contribution in [0.5, 0.6) is 0 Å². The molecule has 1 aromatic carbocycles. The van der Waals surface area contributed by atoms with Crippen molar-refractivity contribution in [3.05, 3.63) is 34.9 Å². The molecule has 0 fully saturated rings. The van der Waals surface area contributed by atoms with Gasteiger partial charge in [0.1, 0.15) is 0 Å². The first kappa shape index (κ1) is 15.9. The van der Waals surface area contributed by atoms with E-state index in [0.29, 0.717) is 6.61 Å². The molecule has 0 aliphatic carbocycles. The molecule has 0 aromatic heterocycles. The van der Waals surface area contributed by atoms with Gasteiger partial charge in [-0.2, -0.15) is 0 Å². The van der Waals surface area contributed by atoms with Crippen molar-refractivity contribution in [3.63, 3.8) is 0 Å². The van der Waals surface area contributed by atoms with Gasteiger partial charge < -0.3 is 10.5 Å². The second-order valence-electron chi connectivity index (χ2n) is 3.96. The summed E-state index contributed by atoms with van der Waals surface area (Å²) in [4.78, 5) is 11.3. The number of carbonyl (C=O) groups excluding carboxylic acids is 1. The van der Waals surface area contributed by atoms with Crippen LogP contribution in [0.25, 0.3) is 0 Å². The fourth-order valence-electron chi connectivity index (χ4n) is 1.51. The average Bonchev–Trinajstić information content (AvgIpc) is 2.22. The summed E-state index contributed by atoms with van der Waals surface area (Å²) < 4.78 is 4.87. The van der Waals surface area contributed by atoms with Gasteiger partial charge in [-0.1, -0.05) is 18.2 Å². The maximum absolute atomic E-state index is 11.3. The van der Waals surface area contributed by atoms with E-state index in [9.17, 15) is 4.79 Å². The van der Waals surface area contributed by atoms with E-state index in [4.69, 9.17) is 10.5 Å². The molecule has 0 unspecified atom stereocenters. The Morgan fingerprint density at radius 1 is 1.35 bits per heavy atom. The van der Waals surface area contributed by atoms with Crippen LogP contribution < -0.4 is 5.73 Å². The number of ether oxygens (including phenoxy) is 1. The molecule has 2 N–H and O–H groups in total. The van der Waals surface area contributed by atoms with E-state index in [1.807, 2.05) is 25.1 Å². The summed E-state index contributed by atoms with van der Waals surface area (Å²) >= 11 is 0. The van der Waals surface area contributed by atoms with E-state index >= 15 is 0 Å². The number of hydrogen-bond donors (Lipinski definition) is 1. The van der Waals surface area contributed by atoms with Gasteiger partial charge in [-0.3, -0.25) is 4.79 Å². The molecule has 0 radical (unpaired) electrons. The molecule has 0 aliphatic rings. The van der Waals surface area contributed by atoms with E-state index in [-0.39, 0.29) is 30.8 Å². The van der Waals surface area contributed by atoms with Crippen molar-refractivity contribution in [2.45, 2.75) is 33.2 Å². The largest absolute Gasteiger partial charge is 0.466 e. The van der Waals surface area contributed by atoms with Gasteiger partial charge in [0.15, 0.2) is 0 Å². The first-order valence-electron chi connectivity index (χ1n) is 5.53. The summed E-state index contributed by atoms with van der Waals surface area (Å²) in [6.07, 6.45) is 0.232. The first-order valence-corrected chi connectivity index (χ1v) is 5.53. The van der Waals surface area contributed by atoms with E-state index < -0.39 is 0 Å². The molecule has 17 heavy (non-hydrogen) atoms. The second kappa shape index (κ2) is 7.30. The molecule has 0 saturated heterocycles. The Hall–Kier alpha value is -1.06. The lowest BCUT2D eigenvalue weighted by molar-refractivity contribution is -0.143. The fraction of sp³-hybridized carbons (Fsp3) is 0.462. The van der Waals surface area contributed by atoms with E-state index in [2.05, 4.69) is 6.92 Å². The highest BCUT2D eigenvalue weighted by molar-refractivity contribution is 5.85. The third-order valence-electron chi connectivity index (χ3n) is 2.65. The Labute approximate surface area is 109 Å². The normalized spacial score (nSPS) is 11.5. The highest BCUT2D eigenvalue weighted by Crippen LogP contribution is 2.18. The molecule has 96 valence electrons. The lowest BCUT2D eigenvalue weighted by Gasteiger charge is -2.12. The van der Waals surface area contributed by atoms with Crippen LogP contribution in [0.4, 0.5) is 0 Å². The molecular weight excluding hydrogens is 238 g/mol. The zero-order valence-corrected chi connectivity index (χ0v) is 11.3. The van der Waals surface area contributed by atoms with E-state index in [0.717, 1.165) is 5.56 Å². The van der Waals surface area contributed by atoms with Gasteiger partial charge in [-0.15, -0.1) is 12.4 Å². The Balaban J connectivity index is 0.00000256. The predicted molar refractivity (Wildman–Crippen MR) is 71.3 cm³/mol. The number of esters is 1. The number of nitrogens with two attached hydrogens (primary N) is 1. The highest BCUT2D eigenvalue weighted by atomic mass is 35.5. The average molecular weight is 258 g/mol. The monoisotopic (exact) mass is 257 g/mol. The minimum Gasteiger partial charge on any atom is -0.466 e. The summed E-state index contributed by atoms with van der Waals surface area (Å²) in [7, 11) is 0. The maximum atomic E-state index is 11.3. The van der Waals surface area contributed by atoms with Crippen molar-refractivity contribution in [1.82, 2.24) is 0 Å². The van der Waals surface area contributed by atoms with Gasteiger partial charge in [0, 0.05) is 6.04 Å². The van der Waals surface area contributed by atoms with Crippen LogP contribution in [-0.2, 0) is 9.53 Å². The number of rotatable bonds is 4. The minimum absolute atomic E-state index is 0. The molecule has 1 aromatic rings. The molecule has 1 atom stereocenters. The van der Waals surface area contributed by atoms with Crippen LogP contribution in [0.2, 0.25) is 0 Å². The third-order valence-corrected chi connectivity index (χ3v) is 2.65. The van der Waals surface area contributed by atoms with Crippen LogP contribution in [0.1, 0.15) is 36.1 Å². The first-order chi connectivity index (χ1) is 7.54. The molecule has 0 saturated carbocycles. The fourth-order valence-corrected chi connectivity index (χ4v) is 1.51. The van der Waals surface area contributed by atoms with Gasteiger partial charge in [0.2, 0.25) is 0 Å². The highest BCUT2D eigenvalue weighted by Gasteiger charge is 2.12. The Morgan fingerprint density at radius 2 is 2.00 bits per heavy atom. The molecular formula is C13H20ClNO2. The molecule has 3 nitrogen and oxygen atoms in total. The van der Waals surface area contributed by atoms with Crippen LogP contribution in [0, 0.1) is 13.8 Å². The lowest BCUT2D eigenvalue weighted by Crippen LogP contribution is -2.17.